The Labute approximate surface area is 187 Å². The first-order chi connectivity index (χ1) is 15.6. The number of rotatable bonds is 6. The number of furan rings is 1. The molecule has 32 heavy (non-hydrogen) atoms. The molecular formula is C25H26N2O5. The minimum atomic E-state index is -0.456. The molecule has 0 radical (unpaired) electrons. The second-order valence-electron chi connectivity index (χ2n) is 7.75. The summed E-state index contributed by atoms with van der Waals surface area (Å²) in [4.78, 5) is 0. The van der Waals surface area contributed by atoms with Gasteiger partial charge in [-0.15, -0.1) is 0 Å². The standard InChI is InChI=1S/C25H26N2O5/c1-5-30-22-8-6-7-17-19-14-18(20-11-9-15(2)31-20)26-27(19)25(32-24(17)22)16-10-12-21(28-3)23(13-16)29-4/h6-13,19,25H,5,14H2,1-4H3/t19-,25+/m1/s1. The molecule has 0 N–H and O–H groups in total. The largest absolute Gasteiger partial charge is 0.493 e. The summed E-state index contributed by atoms with van der Waals surface area (Å²) >= 11 is 0. The molecule has 3 heterocycles. The van der Waals surface area contributed by atoms with Crippen molar-refractivity contribution < 1.29 is 23.4 Å². The van der Waals surface area contributed by atoms with Crippen molar-refractivity contribution in [1.82, 2.24) is 5.01 Å². The molecule has 1 aromatic heterocycles. The quantitative estimate of drug-likeness (QED) is 0.528. The van der Waals surface area contributed by atoms with Crippen LogP contribution in [-0.2, 0) is 0 Å². The fourth-order valence-corrected chi connectivity index (χ4v) is 4.32. The van der Waals surface area contributed by atoms with Crippen LogP contribution in [0.15, 0.2) is 58.0 Å². The van der Waals surface area contributed by atoms with Gasteiger partial charge in [0.05, 0.1) is 26.9 Å². The Morgan fingerprint density at radius 2 is 1.88 bits per heavy atom. The number of fused-ring (bicyclic) bond motifs is 3. The molecule has 2 atom stereocenters. The average Bonchev–Trinajstić information content (AvgIpc) is 3.45. The van der Waals surface area contributed by atoms with Crippen LogP contribution < -0.4 is 18.9 Å². The summed E-state index contributed by atoms with van der Waals surface area (Å²) in [5.74, 6) is 4.43. The summed E-state index contributed by atoms with van der Waals surface area (Å²) in [6, 6.07) is 15.7. The third-order valence-electron chi connectivity index (χ3n) is 5.80. The zero-order valence-electron chi connectivity index (χ0n) is 18.6. The van der Waals surface area contributed by atoms with Gasteiger partial charge in [-0.2, -0.15) is 5.10 Å². The lowest BCUT2D eigenvalue weighted by Gasteiger charge is -2.38. The lowest BCUT2D eigenvalue weighted by atomic mass is 9.97. The van der Waals surface area contributed by atoms with Gasteiger partial charge in [-0.25, -0.2) is 5.01 Å². The first-order valence-electron chi connectivity index (χ1n) is 10.7. The Morgan fingerprint density at radius 3 is 2.59 bits per heavy atom. The van der Waals surface area contributed by atoms with E-state index >= 15 is 0 Å². The monoisotopic (exact) mass is 434 g/mol. The summed E-state index contributed by atoms with van der Waals surface area (Å²) in [7, 11) is 3.25. The van der Waals surface area contributed by atoms with Gasteiger partial charge in [-0.3, -0.25) is 0 Å². The van der Waals surface area contributed by atoms with Crippen molar-refractivity contribution in [1.29, 1.82) is 0 Å². The molecule has 7 nitrogen and oxygen atoms in total. The van der Waals surface area contributed by atoms with Crippen LogP contribution in [0.2, 0.25) is 0 Å². The number of nitrogens with zero attached hydrogens (tertiary/aromatic N) is 2. The highest BCUT2D eigenvalue weighted by Gasteiger charge is 2.43. The van der Waals surface area contributed by atoms with Crippen LogP contribution in [0.25, 0.3) is 0 Å². The van der Waals surface area contributed by atoms with E-state index in [0.717, 1.165) is 39.9 Å². The third-order valence-corrected chi connectivity index (χ3v) is 5.80. The highest BCUT2D eigenvalue weighted by Crippen LogP contribution is 2.51. The van der Waals surface area contributed by atoms with E-state index in [0.29, 0.717) is 24.5 Å². The molecule has 0 amide bonds. The van der Waals surface area contributed by atoms with Gasteiger partial charge in [0, 0.05) is 17.5 Å². The molecule has 0 unspecified atom stereocenters. The van der Waals surface area contributed by atoms with Gasteiger partial charge in [0.1, 0.15) is 17.2 Å². The summed E-state index contributed by atoms with van der Waals surface area (Å²) in [6.07, 6.45) is 0.255. The predicted octanol–water partition coefficient (Wildman–Crippen LogP) is 5.25. The number of hydrogen-bond acceptors (Lipinski definition) is 7. The normalized spacial score (nSPS) is 19.0. The third kappa shape index (κ3) is 3.34. The summed E-state index contributed by atoms with van der Waals surface area (Å²) in [5.41, 5.74) is 2.85. The van der Waals surface area contributed by atoms with Gasteiger partial charge in [0.25, 0.3) is 0 Å². The lowest BCUT2D eigenvalue weighted by molar-refractivity contribution is -0.0213. The van der Waals surface area contributed by atoms with Crippen molar-refractivity contribution in [3.05, 3.63) is 71.2 Å². The zero-order chi connectivity index (χ0) is 22.2. The van der Waals surface area contributed by atoms with Crippen LogP contribution in [0.1, 0.15) is 48.3 Å². The van der Waals surface area contributed by atoms with Crippen LogP contribution in [0.3, 0.4) is 0 Å². The van der Waals surface area contributed by atoms with Crippen molar-refractivity contribution in [3.8, 4) is 23.0 Å². The number of methoxy groups -OCH3 is 2. The maximum Gasteiger partial charge on any atom is 0.214 e. The van der Waals surface area contributed by atoms with Gasteiger partial charge in [0.15, 0.2) is 23.0 Å². The summed E-state index contributed by atoms with van der Waals surface area (Å²) in [5, 5.41) is 6.95. The Kier molecular flexibility index (Phi) is 5.17. The SMILES string of the molecule is CCOc1cccc2c1O[C@@H](c1ccc(OC)c(OC)c1)N1N=C(c3ccc(C)o3)C[C@H]21. The van der Waals surface area contributed by atoms with Gasteiger partial charge in [-0.1, -0.05) is 12.1 Å². The van der Waals surface area contributed by atoms with E-state index in [4.69, 9.17) is 28.5 Å². The first-order valence-corrected chi connectivity index (χ1v) is 10.7. The second-order valence-corrected chi connectivity index (χ2v) is 7.75. The molecule has 0 fully saturated rings. The van der Waals surface area contributed by atoms with E-state index in [2.05, 4.69) is 6.07 Å². The topological polar surface area (TPSA) is 65.7 Å². The van der Waals surface area contributed by atoms with Gasteiger partial charge in [-0.05, 0) is 50.2 Å². The van der Waals surface area contributed by atoms with Crippen LogP contribution >= 0.6 is 0 Å². The molecule has 0 saturated carbocycles. The number of benzene rings is 2. The maximum absolute atomic E-state index is 6.54. The summed E-state index contributed by atoms with van der Waals surface area (Å²) in [6.45, 7) is 4.46. The number of aryl methyl sites for hydroxylation is 1. The van der Waals surface area contributed by atoms with Gasteiger partial charge >= 0.3 is 0 Å². The number of ether oxygens (including phenoxy) is 4. The molecular weight excluding hydrogens is 408 g/mol. The number of hydrogen-bond donors (Lipinski definition) is 0. The molecule has 0 bridgehead atoms. The molecule has 5 rings (SSSR count). The van der Waals surface area contributed by atoms with Gasteiger partial charge < -0.3 is 23.4 Å². The van der Waals surface area contributed by atoms with Crippen LogP contribution in [0.5, 0.6) is 23.0 Å². The smallest absolute Gasteiger partial charge is 0.214 e. The summed E-state index contributed by atoms with van der Waals surface area (Å²) < 4.78 is 29.2. The number of hydrazone groups is 1. The van der Waals surface area contributed by atoms with E-state index in [1.165, 1.54) is 0 Å². The average molecular weight is 434 g/mol. The molecule has 7 heteroatoms. The molecule has 0 aliphatic carbocycles. The highest BCUT2D eigenvalue weighted by atomic mass is 16.5. The Hall–Kier alpha value is -3.61. The Balaban J connectivity index is 1.62. The molecule has 166 valence electrons. The molecule has 2 aliphatic heterocycles. The van der Waals surface area contributed by atoms with E-state index in [1.807, 2.05) is 61.3 Å². The van der Waals surface area contributed by atoms with E-state index in [1.54, 1.807) is 14.2 Å². The fraction of sp³-hybridized carbons (Fsp3) is 0.320. The minimum Gasteiger partial charge on any atom is -0.493 e. The molecule has 0 saturated heterocycles. The predicted molar refractivity (Wildman–Crippen MR) is 120 cm³/mol. The van der Waals surface area contributed by atoms with Crippen molar-refractivity contribution in [2.45, 2.75) is 32.5 Å². The fourth-order valence-electron chi connectivity index (χ4n) is 4.32. The lowest BCUT2D eigenvalue weighted by Crippen LogP contribution is -2.34. The first kappa shape index (κ1) is 20.3. The molecule has 2 aromatic carbocycles. The van der Waals surface area contributed by atoms with E-state index < -0.39 is 6.23 Å². The van der Waals surface area contributed by atoms with Crippen LogP contribution in [-0.4, -0.2) is 31.5 Å². The Morgan fingerprint density at radius 1 is 1.03 bits per heavy atom. The number of para-hydroxylation sites is 1. The van der Waals surface area contributed by atoms with Crippen LogP contribution in [0.4, 0.5) is 0 Å². The second kappa shape index (κ2) is 8.15. The molecule has 3 aromatic rings. The van der Waals surface area contributed by atoms with Crippen molar-refractivity contribution in [3.63, 3.8) is 0 Å². The molecule has 0 spiro atoms. The van der Waals surface area contributed by atoms with Crippen LogP contribution in [0, 0.1) is 6.92 Å². The van der Waals surface area contributed by atoms with Crippen molar-refractivity contribution in [2.24, 2.45) is 5.10 Å². The Bertz CT molecular complexity index is 1170. The molecule has 2 aliphatic rings. The van der Waals surface area contributed by atoms with Crippen molar-refractivity contribution >= 4 is 5.71 Å². The van der Waals surface area contributed by atoms with Gasteiger partial charge in [0.2, 0.25) is 6.23 Å². The maximum atomic E-state index is 6.54. The highest BCUT2D eigenvalue weighted by molar-refractivity contribution is 5.99. The zero-order valence-corrected chi connectivity index (χ0v) is 18.6. The van der Waals surface area contributed by atoms with Crippen molar-refractivity contribution in [2.75, 3.05) is 20.8 Å². The van der Waals surface area contributed by atoms with E-state index in [-0.39, 0.29) is 6.04 Å². The van der Waals surface area contributed by atoms with E-state index in [9.17, 15) is 0 Å². The minimum absolute atomic E-state index is 0.00217.